The molecule has 0 bridgehead atoms. The first-order valence-corrected chi connectivity index (χ1v) is 5.84. The lowest BCUT2D eigenvalue weighted by atomic mass is 10.2. The first kappa shape index (κ1) is 12.5. The predicted molar refractivity (Wildman–Crippen MR) is 69.4 cm³/mol. The van der Waals surface area contributed by atoms with Gasteiger partial charge in [0.1, 0.15) is 5.15 Å². The lowest BCUT2D eigenvalue weighted by Crippen LogP contribution is -2.23. The molecule has 1 amide bonds. The van der Waals surface area contributed by atoms with E-state index in [1.165, 1.54) is 0 Å². The monoisotopic (exact) mass is 261 g/mol. The van der Waals surface area contributed by atoms with Crippen molar-refractivity contribution in [2.75, 3.05) is 0 Å². The molecule has 2 aromatic rings. The quantitative estimate of drug-likeness (QED) is 0.863. The largest absolute Gasteiger partial charge is 0.348 e. The van der Waals surface area contributed by atoms with Gasteiger partial charge in [0.25, 0.3) is 5.91 Å². The van der Waals surface area contributed by atoms with E-state index in [-0.39, 0.29) is 5.91 Å². The van der Waals surface area contributed by atoms with Crippen molar-refractivity contribution < 1.29 is 4.79 Å². The smallest absolute Gasteiger partial charge is 0.251 e. The summed E-state index contributed by atoms with van der Waals surface area (Å²) in [6, 6.07) is 6.98. The Morgan fingerprint density at radius 1 is 1.44 bits per heavy atom. The fourth-order valence-corrected chi connectivity index (χ4v) is 1.80. The molecule has 5 heteroatoms. The summed E-state index contributed by atoms with van der Waals surface area (Å²) in [5.74, 6) is -0.175. The summed E-state index contributed by atoms with van der Waals surface area (Å²) in [5, 5.41) is 3.13. The van der Waals surface area contributed by atoms with Crippen molar-refractivity contribution in [2.24, 2.45) is 0 Å². The molecule has 0 aromatic carbocycles. The average Bonchev–Trinajstić information content (AvgIpc) is 2.36. The van der Waals surface area contributed by atoms with Crippen molar-refractivity contribution in [3.63, 3.8) is 0 Å². The highest BCUT2D eigenvalue weighted by Crippen LogP contribution is 2.10. The van der Waals surface area contributed by atoms with Gasteiger partial charge in [-0.25, -0.2) is 4.98 Å². The molecule has 0 unspecified atom stereocenters. The number of nitrogens with one attached hydrogen (secondary N) is 1. The number of aryl methyl sites for hydroxylation is 1. The van der Waals surface area contributed by atoms with Crippen LogP contribution in [-0.4, -0.2) is 15.9 Å². The van der Waals surface area contributed by atoms with E-state index in [0.717, 1.165) is 5.56 Å². The van der Waals surface area contributed by atoms with Gasteiger partial charge in [0.2, 0.25) is 0 Å². The van der Waals surface area contributed by atoms with Crippen molar-refractivity contribution in [1.82, 2.24) is 15.3 Å². The summed E-state index contributed by atoms with van der Waals surface area (Å²) in [7, 11) is 0. The van der Waals surface area contributed by atoms with Gasteiger partial charge >= 0.3 is 0 Å². The number of nitrogens with zero attached hydrogens (tertiary/aromatic N) is 2. The van der Waals surface area contributed by atoms with E-state index in [0.29, 0.717) is 23.0 Å². The molecule has 2 aromatic heterocycles. The van der Waals surface area contributed by atoms with E-state index in [1.54, 1.807) is 31.5 Å². The number of carbonyl (C=O) groups is 1. The molecular weight excluding hydrogens is 250 g/mol. The lowest BCUT2D eigenvalue weighted by Gasteiger charge is -2.06. The maximum absolute atomic E-state index is 11.9. The number of amides is 1. The molecule has 2 rings (SSSR count). The maximum Gasteiger partial charge on any atom is 0.251 e. The van der Waals surface area contributed by atoms with Gasteiger partial charge in [-0.1, -0.05) is 17.7 Å². The second kappa shape index (κ2) is 5.60. The number of hydrogen-bond acceptors (Lipinski definition) is 3. The highest BCUT2D eigenvalue weighted by atomic mass is 35.5. The van der Waals surface area contributed by atoms with E-state index < -0.39 is 0 Å². The summed E-state index contributed by atoms with van der Waals surface area (Å²) in [5.41, 5.74) is 2.17. The number of rotatable bonds is 3. The number of pyridine rings is 2. The Kier molecular flexibility index (Phi) is 3.89. The van der Waals surface area contributed by atoms with Gasteiger partial charge in [0.05, 0.1) is 0 Å². The molecule has 0 aliphatic carbocycles. The predicted octanol–water partition coefficient (Wildman–Crippen LogP) is 2.37. The van der Waals surface area contributed by atoms with Gasteiger partial charge in [-0.3, -0.25) is 9.78 Å². The average molecular weight is 262 g/mol. The van der Waals surface area contributed by atoms with Crippen molar-refractivity contribution in [2.45, 2.75) is 13.5 Å². The fourth-order valence-electron chi connectivity index (χ4n) is 1.55. The lowest BCUT2D eigenvalue weighted by molar-refractivity contribution is 0.0950. The second-order valence-corrected chi connectivity index (χ2v) is 4.25. The Morgan fingerprint density at radius 2 is 2.28 bits per heavy atom. The Labute approximate surface area is 110 Å². The highest BCUT2D eigenvalue weighted by Gasteiger charge is 2.07. The van der Waals surface area contributed by atoms with Gasteiger partial charge < -0.3 is 5.32 Å². The standard InChI is InChI=1S/C13H12ClN3O/c1-9-5-11(6-12(14)17-9)13(18)16-8-10-3-2-4-15-7-10/h2-7H,8H2,1H3,(H,16,18). The molecule has 1 N–H and O–H groups in total. The van der Waals surface area contributed by atoms with Gasteiger partial charge in [-0.15, -0.1) is 0 Å². The van der Waals surface area contributed by atoms with E-state index in [2.05, 4.69) is 15.3 Å². The molecule has 0 radical (unpaired) electrons. The minimum atomic E-state index is -0.175. The van der Waals surface area contributed by atoms with E-state index in [1.807, 2.05) is 12.1 Å². The van der Waals surface area contributed by atoms with Crippen molar-refractivity contribution in [3.8, 4) is 0 Å². The Balaban J connectivity index is 2.04. The number of aromatic nitrogens is 2. The van der Waals surface area contributed by atoms with Crippen LogP contribution in [0.4, 0.5) is 0 Å². The summed E-state index contributed by atoms with van der Waals surface area (Å²) in [6.07, 6.45) is 3.41. The molecule has 0 fully saturated rings. The summed E-state index contributed by atoms with van der Waals surface area (Å²) >= 11 is 5.81. The van der Waals surface area contributed by atoms with Crippen LogP contribution >= 0.6 is 11.6 Å². The van der Waals surface area contributed by atoms with E-state index in [4.69, 9.17) is 11.6 Å². The summed E-state index contributed by atoms with van der Waals surface area (Å²) < 4.78 is 0. The van der Waals surface area contributed by atoms with Crippen LogP contribution in [0.2, 0.25) is 5.15 Å². The van der Waals surface area contributed by atoms with Crippen molar-refractivity contribution in [1.29, 1.82) is 0 Å². The fraction of sp³-hybridized carbons (Fsp3) is 0.154. The van der Waals surface area contributed by atoms with Gasteiger partial charge in [0.15, 0.2) is 0 Å². The van der Waals surface area contributed by atoms with Crippen LogP contribution in [-0.2, 0) is 6.54 Å². The van der Waals surface area contributed by atoms with Crippen LogP contribution in [0, 0.1) is 6.92 Å². The van der Waals surface area contributed by atoms with Crippen LogP contribution in [0.5, 0.6) is 0 Å². The summed E-state index contributed by atoms with van der Waals surface area (Å²) in [4.78, 5) is 19.9. The topological polar surface area (TPSA) is 54.9 Å². The molecular formula is C13H12ClN3O. The van der Waals surface area contributed by atoms with Crippen LogP contribution in [0.1, 0.15) is 21.6 Å². The molecule has 0 aliphatic rings. The zero-order valence-corrected chi connectivity index (χ0v) is 10.6. The molecule has 0 saturated carbocycles. The minimum Gasteiger partial charge on any atom is -0.348 e. The molecule has 18 heavy (non-hydrogen) atoms. The third kappa shape index (κ3) is 3.28. The van der Waals surface area contributed by atoms with Crippen LogP contribution < -0.4 is 5.32 Å². The third-order valence-corrected chi connectivity index (χ3v) is 2.55. The van der Waals surface area contributed by atoms with Crippen LogP contribution in [0.25, 0.3) is 0 Å². The Morgan fingerprint density at radius 3 is 2.94 bits per heavy atom. The Hall–Kier alpha value is -1.94. The summed E-state index contributed by atoms with van der Waals surface area (Å²) in [6.45, 7) is 2.23. The molecule has 2 heterocycles. The van der Waals surface area contributed by atoms with Gasteiger partial charge in [-0.2, -0.15) is 0 Å². The molecule has 0 atom stereocenters. The second-order valence-electron chi connectivity index (χ2n) is 3.86. The zero-order chi connectivity index (χ0) is 13.0. The van der Waals surface area contributed by atoms with Crippen molar-refractivity contribution in [3.05, 3.63) is 58.6 Å². The normalized spacial score (nSPS) is 10.1. The van der Waals surface area contributed by atoms with Gasteiger partial charge in [-0.05, 0) is 30.7 Å². The SMILES string of the molecule is Cc1cc(C(=O)NCc2cccnc2)cc(Cl)n1. The number of hydrogen-bond donors (Lipinski definition) is 1. The molecule has 0 aliphatic heterocycles. The maximum atomic E-state index is 11.9. The molecule has 0 saturated heterocycles. The third-order valence-electron chi connectivity index (χ3n) is 2.36. The number of carbonyl (C=O) groups excluding carboxylic acids is 1. The van der Waals surface area contributed by atoms with E-state index >= 15 is 0 Å². The molecule has 92 valence electrons. The number of halogens is 1. The van der Waals surface area contributed by atoms with Crippen LogP contribution in [0.3, 0.4) is 0 Å². The minimum absolute atomic E-state index is 0.175. The first-order valence-electron chi connectivity index (χ1n) is 5.46. The Bertz CT molecular complexity index is 537. The first-order chi connectivity index (χ1) is 8.65. The van der Waals surface area contributed by atoms with Crippen molar-refractivity contribution >= 4 is 17.5 Å². The zero-order valence-electron chi connectivity index (χ0n) is 9.85. The molecule has 4 nitrogen and oxygen atoms in total. The highest BCUT2D eigenvalue weighted by molar-refractivity contribution is 6.29. The van der Waals surface area contributed by atoms with Gasteiger partial charge in [0, 0.05) is 30.2 Å². The van der Waals surface area contributed by atoms with E-state index in [9.17, 15) is 4.79 Å². The van der Waals surface area contributed by atoms with Crippen LogP contribution in [0.15, 0.2) is 36.7 Å². The molecule has 0 spiro atoms.